The van der Waals surface area contributed by atoms with Gasteiger partial charge < -0.3 is 10.1 Å². The molecule has 0 aromatic carbocycles. The highest BCUT2D eigenvalue weighted by Gasteiger charge is 2.19. The van der Waals surface area contributed by atoms with Gasteiger partial charge in [-0.2, -0.15) is 4.98 Å². The van der Waals surface area contributed by atoms with Crippen molar-refractivity contribution in [2.75, 3.05) is 12.4 Å². The summed E-state index contributed by atoms with van der Waals surface area (Å²) in [5.41, 5.74) is -0.0640. The zero-order valence-electron chi connectivity index (χ0n) is 11.4. The number of thiophene rings is 1. The van der Waals surface area contributed by atoms with Crippen LogP contribution in [0.15, 0.2) is 24.3 Å². The molecule has 1 atom stereocenters. The van der Waals surface area contributed by atoms with Gasteiger partial charge >= 0.3 is 5.69 Å². The molecule has 0 spiro atoms. The number of hydrogen-bond donors (Lipinski definition) is 1. The Morgan fingerprint density at radius 1 is 1.40 bits per heavy atom. The van der Waals surface area contributed by atoms with Crippen molar-refractivity contribution in [2.24, 2.45) is 0 Å². The number of aromatic nitrogens is 1. The Morgan fingerprint density at radius 2 is 2.15 bits per heavy atom. The Morgan fingerprint density at radius 3 is 2.70 bits per heavy atom. The van der Waals surface area contributed by atoms with Crippen LogP contribution in [0.1, 0.15) is 22.7 Å². The molecule has 0 fully saturated rings. The van der Waals surface area contributed by atoms with Crippen LogP contribution in [0.25, 0.3) is 0 Å². The van der Waals surface area contributed by atoms with E-state index in [1.165, 1.54) is 24.1 Å². The van der Waals surface area contributed by atoms with Gasteiger partial charge in [0, 0.05) is 21.9 Å². The number of nitrogens with zero attached hydrogens (tertiary/aromatic N) is 2. The minimum atomic E-state index is -0.457. The first-order chi connectivity index (χ1) is 9.51. The molecule has 0 bridgehead atoms. The molecule has 2 aromatic heterocycles. The third-order valence-corrected chi connectivity index (χ3v) is 3.98. The molecule has 1 unspecified atom stereocenters. The van der Waals surface area contributed by atoms with Crippen LogP contribution < -0.4 is 10.1 Å². The summed E-state index contributed by atoms with van der Waals surface area (Å²) < 4.78 is 5.01. The maximum Gasteiger partial charge on any atom is 0.311 e. The summed E-state index contributed by atoms with van der Waals surface area (Å²) in [7, 11) is 1.48. The van der Waals surface area contributed by atoms with E-state index < -0.39 is 4.92 Å². The topological polar surface area (TPSA) is 77.3 Å². The molecule has 7 heteroatoms. The lowest BCUT2D eigenvalue weighted by Gasteiger charge is -2.13. The molecule has 1 N–H and O–H groups in total. The van der Waals surface area contributed by atoms with Crippen molar-refractivity contribution in [3.8, 4) is 5.88 Å². The van der Waals surface area contributed by atoms with Crippen LogP contribution >= 0.6 is 11.3 Å². The highest BCUT2D eigenvalue weighted by atomic mass is 32.1. The summed E-state index contributed by atoms with van der Waals surface area (Å²) in [6.07, 6.45) is 0. The van der Waals surface area contributed by atoms with Gasteiger partial charge in [0.2, 0.25) is 11.7 Å². The number of hydrogen-bond acceptors (Lipinski definition) is 6. The molecule has 0 saturated heterocycles. The van der Waals surface area contributed by atoms with Crippen molar-refractivity contribution in [3.63, 3.8) is 0 Å². The molecule has 2 aromatic rings. The molecule has 20 heavy (non-hydrogen) atoms. The van der Waals surface area contributed by atoms with Crippen LogP contribution in [0, 0.1) is 17.0 Å². The number of nitrogens with one attached hydrogen (secondary N) is 1. The Kier molecular flexibility index (Phi) is 4.19. The molecule has 0 aliphatic heterocycles. The van der Waals surface area contributed by atoms with Gasteiger partial charge in [-0.25, -0.2) is 0 Å². The second kappa shape index (κ2) is 5.87. The van der Waals surface area contributed by atoms with Crippen LogP contribution in [0.4, 0.5) is 11.5 Å². The third-order valence-electron chi connectivity index (χ3n) is 2.80. The largest absolute Gasteiger partial charge is 0.481 e. The second-order valence-corrected chi connectivity index (χ2v) is 5.61. The van der Waals surface area contributed by atoms with Gasteiger partial charge in [0.05, 0.1) is 18.1 Å². The standard InChI is InChI=1S/C13H15N3O3S/c1-8-4-6-11(20-8)9(2)14-13-10(16(17)18)5-7-12(15-13)19-3/h4-7,9H,1-3H3,(H,14,15). The molecule has 2 rings (SSSR count). The molecular weight excluding hydrogens is 278 g/mol. The van der Waals surface area contributed by atoms with Crippen LogP contribution in [-0.4, -0.2) is 17.0 Å². The van der Waals surface area contributed by atoms with E-state index in [9.17, 15) is 10.1 Å². The van der Waals surface area contributed by atoms with Crippen molar-refractivity contribution in [3.05, 3.63) is 44.1 Å². The van der Waals surface area contributed by atoms with Crippen molar-refractivity contribution in [1.82, 2.24) is 4.98 Å². The molecule has 0 radical (unpaired) electrons. The Hall–Kier alpha value is -2.15. The van der Waals surface area contributed by atoms with Gasteiger partial charge in [-0.3, -0.25) is 10.1 Å². The average molecular weight is 293 g/mol. The molecule has 2 heterocycles. The van der Waals surface area contributed by atoms with E-state index in [2.05, 4.69) is 10.3 Å². The smallest absolute Gasteiger partial charge is 0.311 e. The first-order valence-electron chi connectivity index (χ1n) is 6.03. The minimum Gasteiger partial charge on any atom is -0.481 e. The summed E-state index contributed by atoms with van der Waals surface area (Å²) in [5, 5.41) is 14.1. The van der Waals surface area contributed by atoms with Crippen LogP contribution in [0.5, 0.6) is 5.88 Å². The van der Waals surface area contributed by atoms with Crippen LogP contribution in [0.3, 0.4) is 0 Å². The van der Waals surface area contributed by atoms with Gasteiger partial charge in [-0.15, -0.1) is 11.3 Å². The summed E-state index contributed by atoms with van der Waals surface area (Å²) in [6.45, 7) is 3.96. The van der Waals surface area contributed by atoms with Crippen molar-refractivity contribution in [1.29, 1.82) is 0 Å². The monoisotopic (exact) mass is 293 g/mol. The fraction of sp³-hybridized carbons (Fsp3) is 0.308. The number of methoxy groups -OCH3 is 1. The number of aryl methyl sites for hydroxylation is 1. The second-order valence-electron chi connectivity index (χ2n) is 4.29. The SMILES string of the molecule is COc1ccc([N+](=O)[O-])c(NC(C)c2ccc(C)s2)n1. The van der Waals surface area contributed by atoms with E-state index in [0.29, 0.717) is 5.88 Å². The number of rotatable bonds is 5. The van der Waals surface area contributed by atoms with Gasteiger partial charge in [0.15, 0.2) is 0 Å². The molecule has 6 nitrogen and oxygen atoms in total. The minimum absolute atomic E-state index is 0.0630. The Labute approximate surface area is 120 Å². The quantitative estimate of drug-likeness (QED) is 0.674. The molecule has 0 aliphatic carbocycles. The molecule has 0 aliphatic rings. The summed E-state index contributed by atoms with van der Waals surface area (Å²) in [6, 6.07) is 6.83. The van der Waals surface area contributed by atoms with Crippen LogP contribution in [-0.2, 0) is 0 Å². The van der Waals surface area contributed by atoms with E-state index >= 15 is 0 Å². The van der Waals surface area contributed by atoms with Crippen molar-refractivity contribution < 1.29 is 9.66 Å². The summed E-state index contributed by atoms with van der Waals surface area (Å²) in [5.74, 6) is 0.556. The van der Waals surface area contributed by atoms with Gasteiger partial charge in [0.25, 0.3) is 0 Å². The molecule has 0 amide bonds. The Bertz CT molecular complexity index is 627. The predicted molar refractivity (Wildman–Crippen MR) is 78.5 cm³/mol. The van der Waals surface area contributed by atoms with E-state index in [-0.39, 0.29) is 17.5 Å². The first kappa shape index (κ1) is 14.3. The van der Waals surface area contributed by atoms with E-state index in [0.717, 1.165) is 4.88 Å². The Balaban J connectivity index is 2.29. The predicted octanol–water partition coefficient (Wildman–Crippen LogP) is 3.54. The number of pyridine rings is 1. The summed E-state index contributed by atoms with van der Waals surface area (Å²) >= 11 is 1.65. The van der Waals surface area contributed by atoms with Gasteiger partial charge in [0.1, 0.15) is 0 Å². The fourth-order valence-corrected chi connectivity index (χ4v) is 2.64. The van der Waals surface area contributed by atoms with E-state index in [4.69, 9.17) is 4.74 Å². The average Bonchev–Trinajstić information content (AvgIpc) is 2.85. The first-order valence-corrected chi connectivity index (χ1v) is 6.85. The van der Waals surface area contributed by atoms with Crippen molar-refractivity contribution >= 4 is 22.8 Å². The lowest BCUT2D eigenvalue weighted by Crippen LogP contribution is -2.09. The number of nitro groups is 1. The zero-order chi connectivity index (χ0) is 14.7. The zero-order valence-corrected chi connectivity index (χ0v) is 12.2. The van der Waals surface area contributed by atoms with Gasteiger partial charge in [-0.1, -0.05) is 0 Å². The summed E-state index contributed by atoms with van der Waals surface area (Å²) in [4.78, 5) is 17.0. The van der Waals surface area contributed by atoms with Crippen LogP contribution in [0.2, 0.25) is 0 Å². The van der Waals surface area contributed by atoms with Gasteiger partial charge in [-0.05, 0) is 26.0 Å². The third kappa shape index (κ3) is 3.05. The maximum absolute atomic E-state index is 11.0. The number of ether oxygens (including phenoxy) is 1. The normalized spacial score (nSPS) is 11.9. The molecular formula is C13H15N3O3S. The molecule has 0 saturated carbocycles. The van der Waals surface area contributed by atoms with E-state index in [1.807, 2.05) is 26.0 Å². The highest BCUT2D eigenvalue weighted by Crippen LogP contribution is 2.30. The lowest BCUT2D eigenvalue weighted by atomic mass is 10.2. The fourth-order valence-electron chi connectivity index (χ4n) is 1.76. The molecule has 106 valence electrons. The van der Waals surface area contributed by atoms with Crippen molar-refractivity contribution in [2.45, 2.75) is 19.9 Å². The lowest BCUT2D eigenvalue weighted by molar-refractivity contribution is -0.384. The highest BCUT2D eigenvalue weighted by molar-refractivity contribution is 7.12. The van der Waals surface area contributed by atoms with E-state index in [1.54, 1.807) is 11.3 Å². The number of anilines is 1. The maximum atomic E-state index is 11.0.